The SMILES string of the molecule is COc1ccc(OC)c(CNC(=O)[C@@H]2C[C@H]3CC[C@@H]2C[C@@]32NC(=O)c3ccccc3N2)c1. The fourth-order valence-corrected chi connectivity index (χ4v) is 5.80. The van der Waals surface area contributed by atoms with Gasteiger partial charge in [-0.3, -0.25) is 9.59 Å². The summed E-state index contributed by atoms with van der Waals surface area (Å²) in [5, 5.41) is 9.99. The highest BCUT2D eigenvalue weighted by molar-refractivity contribution is 6.02. The van der Waals surface area contributed by atoms with E-state index in [1.807, 2.05) is 42.5 Å². The Kier molecular flexibility index (Phi) is 5.19. The summed E-state index contributed by atoms with van der Waals surface area (Å²) in [4.78, 5) is 25.9. The molecule has 7 nitrogen and oxygen atoms in total. The lowest BCUT2D eigenvalue weighted by Gasteiger charge is -2.56. The summed E-state index contributed by atoms with van der Waals surface area (Å²) in [5.41, 5.74) is 1.99. The zero-order valence-corrected chi connectivity index (χ0v) is 18.4. The van der Waals surface area contributed by atoms with Gasteiger partial charge in [-0.15, -0.1) is 0 Å². The van der Waals surface area contributed by atoms with Crippen LogP contribution in [0.15, 0.2) is 42.5 Å². The Hall–Kier alpha value is -3.22. The second kappa shape index (κ2) is 8.04. The molecular weight excluding hydrogens is 406 g/mol. The molecule has 168 valence electrons. The minimum atomic E-state index is -0.457. The monoisotopic (exact) mass is 435 g/mol. The van der Waals surface area contributed by atoms with Gasteiger partial charge in [-0.25, -0.2) is 0 Å². The van der Waals surface area contributed by atoms with E-state index in [9.17, 15) is 9.59 Å². The average molecular weight is 436 g/mol. The molecule has 0 unspecified atom stereocenters. The van der Waals surface area contributed by atoms with E-state index in [1.165, 1.54) is 0 Å². The van der Waals surface area contributed by atoms with E-state index in [4.69, 9.17) is 9.47 Å². The molecule has 0 saturated heterocycles. The largest absolute Gasteiger partial charge is 0.497 e. The van der Waals surface area contributed by atoms with Crippen LogP contribution in [0.3, 0.4) is 0 Å². The minimum absolute atomic E-state index is 0.0296. The van der Waals surface area contributed by atoms with Crippen molar-refractivity contribution in [1.29, 1.82) is 0 Å². The Morgan fingerprint density at radius 2 is 1.97 bits per heavy atom. The lowest BCUT2D eigenvalue weighted by Crippen LogP contribution is -2.68. The van der Waals surface area contributed by atoms with Crippen molar-refractivity contribution in [3.8, 4) is 11.5 Å². The lowest BCUT2D eigenvalue weighted by atomic mass is 9.58. The number of amides is 2. The summed E-state index contributed by atoms with van der Waals surface area (Å²) in [6, 6.07) is 13.2. The van der Waals surface area contributed by atoms with Gasteiger partial charge in [0.15, 0.2) is 0 Å². The molecule has 1 heterocycles. The predicted octanol–water partition coefficient (Wildman–Crippen LogP) is 3.31. The minimum Gasteiger partial charge on any atom is -0.497 e. The van der Waals surface area contributed by atoms with Crippen molar-refractivity contribution in [2.75, 3.05) is 19.5 Å². The summed E-state index contributed by atoms with van der Waals surface area (Å²) >= 11 is 0. The first-order valence-corrected chi connectivity index (χ1v) is 11.2. The van der Waals surface area contributed by atoms with E-state index in [1.54, 1.807) is 14.2 Å². The van der Waals surface area contributed by atoms with Crippen molar-refractivity contribution in [3.05, 3.63) is 53.6 Å². The van der Waals surface area contributed by atoms with E-state index in [0.717, 1.165) is 48.4 Å². The van der Waals surface area contributed by atoms with Gasteiger partial charge < -0.3 is 25.4 Å². The van der Waals surface area contributed by atoms with Crippen LogP contribution in [0.1, 0.15) is 41.6 Å². The van der Waals surface area contributed by atoms with Gasteiger partial charge in [-0.05, 0) is 61.9 Å². The Morgan fingerprint density at radius 1 is 1.12 bits per heavy atom. The smallest absolute Gasteiger partial charge is 0.255 e. The summed E-state index contributed by atoms with van der Waals surface area (Å²) in [6.07, 6.45) is 3.54. The number of ether oxygens (including phenoxy) is 2. The molecule has 1 aliphatic heterocycles. The van der Waals surface area contributed by atoms with E-state index in [2.05, 4.69) is 16.0 Å². The molecule has 0 radical (unpaired) electrons. The van der Waals surface area contributed by atoms with Crippen molar-refractivity contribution < 1.29 is 19.1 Å². The molecule has 7 heteroatoms. The molecule has 0 aromatic heterocycles. The molecule has 2 aromatic rings. The second-order valence-corrected chi connectivity index (χ2v) is 9.07. The van der Waals surface area contributed by atoms with Gasteiger partial charge in [0.05, 0.1) is 19.8 Å². The van der Waals surface area contributed by atoms with Crippen LogP contribution >= 0.6 is 0 Å². The fraction of sp³-hybridized carbons (Fsp3) is 0.440. The van der Waals surface area contributed by atoms with Gasteiger partial charge in [0.2, 0.25) is 5.91 Å². The molecule has 4 atom stereocenters. The number of rotatable bonds is 5. The number of hydrogen-bond donors (Lipinski definition) is 3. The molecule has 2 aromatic carbocycles. The highest BCUT2D eigenvalue weighted by Gasteiger charge is 2.55. The molecule has 3 aliphatic carbocycles. The molecule has 1 spiro atoms. The number of methoxy groups -OCH3 is 2. The van der Waals surface area contributed by atoms with Crippen LogP contribution in [-0.4, -0.2) is 31.7 Å². The molecule has 6 rings (SSSR count). The molecular formula is C25H29N3O4. The summed E-state index contributed by atoms with van der Waals surface area (Å²) in [5.74, 6) is 1.89. The van der Waals surface area contributed by atoms with Crippen LogP contribution in [0, 0.1) is 17.8 Å². The molecule has 3 saturated carbocycles. The maximum atomic E-state index is 13.2. The summed E-state index contributed by atoms with van der Waals surface area (Å²) < 4.78 is 10.7. The van der Waals surface area contributed by atoms with Crippen LogP contribution in [0.4, 0.5) is 5.69 Å². The normalized spacial score (nSPS) is 27.8. The van der Waals surface area contributed by atoms with Gasteiger partial charge in [-0.2, -0.15) is 0 Å². The van der Waals surface area contributed by atoms with Crippen molar-refractivity contribution in [3.63, 3.8) is 0 Å². The zero-order valence-electron chi connectivity index (χ0n) is 18.4. The standard InChI is InChI=1S/C25H29N3O4/c1-31-18-9-10-22(32-2)16(11-18)14-26-23(29)20-12-17-8-7-15(20)13-25(17)27-21-6-4-3-5-19(21)24(30)28-25/h3-6,9-11,15,17,20,27H,7-8,12-14H2,1-2H3,(H,26,29)(H,28,30)/t15-,17-,20-,25-/m1/s1. The van der Waals surface area contributed by atoms with Crippen LogP contribution < -0.4 is 25.4 Å². The van der Waals surface area contributed by atoms with Gasteiger partial charge >= 0.3 is 0 Å². The number of fused-ring (bicyclic) bond motifs is 3. The number of carbonyl (C=O) groups is 2. The van der Waals surface area contributed by atoms with Gasteiger partial charge in [-0.1, -0.05) is 12.1 Å². The summed E-state index contributed by atoms with van der Waals surface area (Å²) in [6.45, 7) is 0.389. The summed E-state index contributed by atoms with van der Waals surface area (Å²) in [7, 11) is 3.24. The fourth-order valence-electron chi connectivity index (χ4n) is 5.80. The third-order valence-corrected chi connectivity index (χ3v) is 7.42. The van der Waals surface area contributed by atoms with Crippen molar-refractivity contribution in [2.45, 2.75) is 37.9 Å². The third-order valence-electron chi connectivity index (χ3n) is 7.42. The third kappa shape index (κ3) is 3.45. The highest BCUT2D eigenvalue weighted by Crippen LogP contribution is 2.51. The van der Waals surface area contributed by atoms with Crippen molar-refractivity contribution in [1.82, 2.24) is 10.6 Å². The lowest BCUT2D eigenvalue weighted by molar-refractivity contribution is -0.132. The number of para-hydroxylation sites is 1. The van der Waals surface area contributed by atoms with Gasteiger partial charge in [0.1, 0.15) is 17.2 Å². The number of anilines is 1. The van der Waals surface area contributed by atoms with E-state index < -0.39 is 5.66 Å². The Bertz CT molecular complexity index is 1060. The van der Waals surface area contributed by atoms with E-state index in [0.29, 0.717) is 12.1 Å². The molecule has 2 amide bonds. The molecule has 4 aliphatic rings. The number of nitrogens with one attached hydrogen (secondary N) is 3. The maximum absolute atomic E-state index is 13.2. The van der Waals surface area contributed by atoms with Crippen LogP contribution in [0.25, 0.3) is 0 Å². The van der Waals surface area contributed by atoms with Crippen molar-refractivity contribution >= 4 is 17.5 Å². The second-order valence-electron chi connectivity index (χ2n) is 9.07. The molecule has 3 N–H and O–H groups in total. The number of benzene rings is 2. The van der Waals surface area contributed by atoms with Crippen LogP contribution in [0.5, 0.6) is 11.5 Å². The number of carbonyl (C=O) groups excluding carboxylic acids is 2. The Balaban J connectivity index is 1.29. The van der Waals surface area contributed by atoms with E-state index in [-0.39, 0.29) is 29.6 Å². The zero-order chi connectivity index (χ0) is 22.3. The molecule has 32 heavy (non-hydrogen) atoms. The Morgan fingerprint density at radius 3 is 2.72 bits per heavy atom. The van der Waals surface area contributed by atoms with Crippen LogP contribution in [-0.2, 0) is 11.3 Å². The van der Waals surface area contributed by atoms with Crippen LogP contribution in [0.2, 0.25) is 0 Å². The molecule has 2 bridgehead atoms. The Labute approximate surface area is 187 Å². The van der Waals surface area contributed by atoms with Gasteiger partial charge in [0, 0.05) is 29.6 Å². The van der Waals surface area contributed by atoms with Gasteiger partial charge in [0.25, 0.3) is 5.91 Å². The predicted molar refractivity (Wildman–Crippen MR) is 121 cm³/mol. The number of hydrogen-bond acceptors (Lipinski definition) is 5. The van der Waals surface area contributed by atoms with E-state index >= 15 is 0 Å². The van der Waals surface area contributed by atoms with Crippen molar-refractivity contribution in [2.24, 2.45) is 17.8 Å². The maximum Gasteiger partial charge on any atom is 0.255 e. The topological polar surface area (TPSA) is 88.7 Å². The quantitative estimate of drug-likeness (QED) is 0.671. The first-order chi connectivity index (χ1) is 15.5. The first kappa shape index (κ1) is 20.7. The highest BCUT2D eigenvalue weighted by atomic mass is 16.5. The molecule has 3 fully saturated rings. The average Bonchev–Trinajstić information content (AvgIpc) is 2.82. The first-order valence-electron chi connectivity index (χ1n) is 11.2.